The van der Waals surface area contributed by atoms with Crippen LogP contribution in [0, 0.1) is 0 Å². The van der Waals surface area contributed by atoms with E-state index in [-0.39, 0.29) is 6.10 Å². The van der Waals surface area contributed by atoms with Crippen molar-refractivity contribution in [3.05, 3.63) is 35.0 Å². The van der Waals surface area contributed by atoms with Crippen molar-refractivity contribution < 1.29 is 4.84 Å². The highest BCUT2D eigenvalue weighted by Gasteiger charge is 2.08. The zero-order valence-corrected chi connectivity index (χ0v) is 7.01. The minimum Gasteiger partial charge on any atom is -0.295 e. The van der Waals surface area contributed by atoms with Crippen molar-refractivity contribution in [3.63, 3.8) is 0 Å². The van der Waals surface area contributed by atoms with Gasteiger partial charge < -0.3 is 0 Å². The van der Waals surface area contributed by atoms with Gasteiger partial charge in [0.2, 0.25) is 0 Å². The van der Waals surface area contributed by atoms with Crippen LogP contribution in [0.25, 0.3) is 0 Å². The second kappa shape index (κ2) is 4.28. The fourth-order valence-corrected chi connectivity index (χ4v) is 1.64. The predicted molar refractivity (Wildman–Crippen MR) is 47.1 cm³/mol. The first-order valence-electron chi connectivity index (χ1n) is 3.38. The number of thiophene rings is 1. The van der Waals surface area contributed by atoms with Crippen LogP contribution in [0.15, 0.2) is 30.2 Å². The summed E-state index contributed by atoms with van der Waals surface area (Å²) in [6.07, 6.45) is 2.54. The summed E-state index contributed by atoms with van der Waals surface area (Å²) in [5, 5.41) is 2.00. The number of rotatable bonds is 4. The Morgan fingerprint density at radius 2 is 2.64 bits per heavy atom. The number of nitrogens with two attached hydrogens (primary N) is 1. The van der Waals surface area contributed by atoms with Crippen LogP contribution in [0.3, 0.4) is 0 Å². The molecule has 1 unspecified atom stereocenters. The molecule has 0 aromatic carbocycles. The Bertz CT molecular complexity index is 208. The monoisotopic (exact) mass is 169 g/mol. The van der Waals surface area contributed by atoms with Crippen LogP contribution in [-0.2, 0) is 4.84 Å². The lowest BCUT2D eigenvalue weighted by Crippen LogP contribution is -2.06. The lowest BCUT2D eigenvalue weighted by atomic mass is 10.2. The van der Waals surface area contributed by atoms with Gasteiger partial charge in [0.05, 0.1) is 0 Å². The maximum Gasteiger partial charge on any atom is 0.116 e. The Hall–Kier alpha value is -0.640. The second-order valence-electron chi connectivity index (χ2n) is 2.16. The van der Waals surface area contributed by atoms with Gasteiger partial charge in [0.25, 0.3) is 0 Å². The Morgan fingerprint density at radius 3 is 3.09 bits per heavy atom. The van der Waals surface area contributed by atoms with Crippen LogP contribution in [-0.4, -0.2) is 0 Å². The molecule has 60 valence electrons. The minimum atomic E-state index is -0.0208. The molecule has 0 bridgehead atoms. The van der Waals surface area contributed by atoms with Crippen molar-refractivity contribution in [2.24, 2.45) is 5.90 Å². The van der Waals surface area contributed by atoms with Gasteiger partial charge in [-0.15, -0.1) is 17.9 Å². The van der Waals surface area contributed by atoms with Gasteiger partial charge in [-0.25, -0.2) is 5.90 Å². The first-order valence-corrected chi connectivity index (χ1v) is 4.26. The summed E-state index contributed by atoms with van der Waals surface area (Å²) < 4.78 is 0. The van der Waals surface area contributed by atoms with Crippen LogP contribution in [0.2, 0.25) is 0 Å². The summed E-state index contributed by atoms with van der Waals surface area (Å²) in [6.45, 7) is 3.63. The highest BCUT2D eigenvalue weighted by Crippen LogP contribution is 2.23. The average molecular weight is 169 g/mol. The molecule has 0 saturated carbocycles. The molecule has 1 atom stereocenters. The number of hydrogen-bond donors (Lipinski definition) is 1. The molecule has 1 aromatic rings. The minimum absolute atomic E-state index is 0.0208. The van der Waals surface area contributed by atoms with Crippen LogP contribution in [0.4, 0.5) is 0 Å². The third kappa shape index (κ3) is 2.15. The van der Waals surface area contributed by atoms with Gasteiger partial charge in [0.1, 0.15) is 6.10 Å². The molecule has 0 fully saturated rings. The van der Waals surface area contributed by atoms with Crippen molar-refractivity contribution in [1.82, 2.24) is 0 Å². The molecule has 0 aliphatic rings. The summed E-state index contributed by atoms with van der Waals surface area (Å²) >= 11 is 1.64. The fraction of sp³-hybridized carbons (Fsp3) is 0.250. The van der Waals surface area contributed by atoms with Gasteiger partial charge in [-0.1, -0.05) is 12.1 Å². The maximum atomic E-state index is 5.11. The molecule has 0 aliphatic carbocycles. The van der Waals surface area contributed by atoms with Gasteiger partial charge in [-0.05, 0) is 17.9 Å². The molecule has 0 radical (unpaired) electrons. The SMILES string of the molecule is C=CCC(ON)c1cccs1. The zero-order chi connectivity index (χ0) is 8.10. The molecule has 0 saturated heterocycles. The molecule has 0 amide bonds. The second-order valence-corrected chi connectivity index (χ2v) is 3.14. The van der Waals surface area contributed by atoms with E-state index in [1.54, 1.807) is 17.4 Å². The van der Waals surface area contributed by atoms with E-state index in [0.717, 1.165) is 11.3 Å². The third-order valence-corrected chi connectivity index (χ3v) is 2.37. The highest BCUT2D eigenvalue weighted by molar-refractivity contribution is 7.10. The van der Waals surface area contributed by atoms with Crippen LogP contribution >= 0.6 is 11.3 Å². The van der Waals surface area contributed by atoms with E-state index >= 15 is 0 Å². The van der Waals surface area contributed by atoms with Gasteiger partial charge in [0, 0.05) is 4.88 Å². The first kappa shape index (κ1) is 8.46. The van der Waals surface area contributed by atoms with E-state index in [1.165, 1.54) is 0 Å². The molecule has 0 spiro atoms. The summed E-state index contributed by atoms with van der Waals surface area (Å²) in [5.74, 6) is 5.11. The Kier molecular flexibility index (Phi) is 3.29. The summed E-state index contributed by atoms with van der Waals surface area (Å²) in [6, 6.07) is 3.99. The summed E-state index contributed by atoms with van der Waals surface area (Å²) in [4.78, 5) is 5.92. The van der Waals surface area contributed by atoms with Crippen molar-refractivity contribution in [3.8, 4) is 0 Å². The normalized spacial score (nSPS) is 12.8. The standard InChI is InChI=1S/C8H11NOS/c1-2-4-7(10-9)8-5-3-6-11-8/h2-3,5-7H,1,4,9H2. The lowest BCUT2D eigenvalue weighted by molar-refractivity contribution is 0.0574. The van der Waals surface area contributed by atoms with Crippen LogP contribution < -0.4 is 5.90 Å². The van der Waals surface area contributed by atoms with E-state index in [1.807, 2.05) is 17.5 Å². The molecule has 11 heavy (non-hydrogen) atoms. The molecular weight excluding hydrogens is 158 g/mol. The molecule has 2 N–H and O–H groups in total. The molecule has 3 heteroatoms. The molecule has 1 rings (SSSR count). The fourth-order valence-electron chi connectivity index (χ4n) is 0.865. The summed E-state index contributed by atoms with van der Waals surface area (Å²) in [7, 11) is 0. The van der Waals surface area contributed by atoms with Gasteiger partial charge >= 0.3 is 0 Å². The first-order chi connectivity index (χ1) is 5.38. The van der Waals surface area contributed by atoms with Crippen molar-refractivity contribution >= 4 is 11.3 Å². The molecular formula is C8H11NOS. The largest absolute Gasteiger partial charge is 0.295 e. The Morgan fingerprint density at radius 1 is 1.82 bits per heavy atom. The lowest BCUT2D eigenvalue weighted by Gasteiger charge is -2.08. The molecule has 0 aliphatic heterocycles. The van der Waals surface area contributed by atoms with Gasteiger partial charge in [-0.3, -0.25) is 4.84 Å². The van der Waals surface area contributed by atoms with E-state index < -0.39 is 0 Å². The molecule has 1 heterocycles. The van der Waals surface area contributed by atoms with Crippen molar-refractivity contribution in [2.75, 3.05) is 0 Å². The quantitative estimate of drug-likeness (QED) is 0.554. The van der Waals surface area contributed by atoms with Crippen LogP contribution in [0.5, 0.6) is 0 Å². The third-order valence-electron chi connectivity index (χ3n) is 1.41. The molecule has 2 nitrogen and oxygen atoms in total. The average Bonchev–Trinajstić information content (AvgIpc) is 2.52. The van der Waals surface area contributed by atoms with E-state index in [2.05, 4.69) is 6.58 Å². The Labute approximate surface area is 70.2 Å². The maximum absolute atomic E-state index is 5.11. The summed E-state index contributed by atoms with van der Waals surface area (Å²) in [5.41, 5.74) is 0. The topological polar surface area (TPSA) is 35.2 Å². The highest BCUT2D eigenvalue weighted by atomic mass is 32.1. The predicted octanol–water partition coefficient (Wildman–Crippen LogP) is 2.26. The smallest absolute Gasteiger partial charge is 0.116 e. The van der Waals surface area contributed by atoms with E-state index in [9.17, 15) is 0 Å². The zero-order valence-electron chi connectivity index (χ0n) is 6.19. The van der Waals surface area contributed by atoms with Crippen molar-refractivity contribution in [2.45, 2.75) is 12.5 Å². The van der Waals surface area contributed by atoms with Gasteiger partial charge in [-0.2, -0.15) is 0 Å². The molecule has 1 aromatic heterocycles. The van der Waals surface area contributed by atoms with Gasteiger partial charge in [0.15, 0.2) is 0 Å². The van der Waals surface area contributed by atoms with Crippen molar-refractivity contribution in [1.29, 1.82) is 0 Å². The Balaban J connectivity index is 2.62. The number of hydrogen-bond acceptors (Lipinski definition) is 3. The van der Waals surface area contributed by atoms with E-state index in [4.69, 9.17) is 10.7 Å². The van der Waals surface area contributed by atoms with E-state index in [0.29, 0.717) is 0 Å². The van der Waals surface area contributed by atoms with Crippen LogP contribution in [0.1, 0.15) is 17.4 Å².